The van der Waals surface area contributed by atoms with Gasteiger partial charge in [0.25, 0.3) is 0 Å². The van der Waals surface area contributed by atoms with Crippen LogP contribution in [0, 0.1) is 0 Å². The SMILES string of the molecule is CCCn1nncc1C(C)(C)CC(C)Cl. The van der Waals surface area contributed by atoms with E-state index in [4.69, 9.17) is 11.6 Å². The second-order valence-corrected chi connectivity index (χ2v) is 5.46. The van der Waals surface area contributed by atoms with E-state index in [0.717, 1.165) is 19.4 Å². The van der Waals surface area contributed by atoms with Gasteiger partial charge in [0.15, 0.2) is 0 Å². The maximum Gasteiger partial charge on any atom is 0.0730 e. The summed E-state index contributed by atoms with van der Waals surface area (Å²) in [6.07, 6.45) is 3.86. The summed E-state index contributed by atoms with van der Waals surface area (Å²) in [5.74, 6) is 0. The first-order chi connectivity index (χ1) is 6.97. The Labute approximate surface area is 96.8 Å². The largest absolute Gasteiger partial charge is 0.249 e. The van der Waals surface area contributed by atoms with Crippen LogP contribution < -0.4 is 0 Å². The van der Waals surface area contributed by atoms with Gasteiger partial charge in [-0.05, 0) is 19.8 Å². The topological polar surface area (TPSA) is 30.7 Å². The summed E-state index contributed by atoms with van der Waals surface area (Å²) in [7, 11) is 0. The third-order valence-electron chi connectivity index (χ3n) is 2.54. The van der Waals surface area contributed by atoms with Crippen molar-refractivity contribution in [2.45, 2.75) is 57.9 Å². The Morgan fingerprint density at radius 2 is 2.20 bits per heavy atom. The number of aromatic nitrogens is 3. The zero-order chi connectivity index (χ0) is 11.5. The van der Waals surface area contributed by atoms with Crippen molar-refractivity contribution in [1.29, 1.82) is 0 Å². The molecule has 1 aromatic heterocycles. The molecule has 0 fully saturated rings. The van der Waals surface area contributed by atoms with Gasteiger partial charge in [0.2, 0.25) is 0 Å². The molecule has 0 N–H and O–H groups in total. The molecule has 1 heterocycles. The van der Waals surface area contributed by atoms with Crippen molar-refractivity contribution in [2.24, 2.45) is 0 Å². The lowest BCUT2D eigenvalue weighted by atomic mass is 9.84. The van der Waals surface area contributed by atoms with Crippen molar-refractivity contribution in [3.63, 3.8) is 0 Å². The van der Waals surface area contributed by atoms with Gasteiger partial charge in [-0.1, -0.05) is 26.0 Å². The molecule has 1 atom stereocenters. The first-order valence-corrected chi connectivity index (χ1v) is 5.94. The average molecular weight is 230 g/mol. The molecule has 4 heteroatoms. The van der Waals surface area contributed by atoms with Gasteiger partial charge < -0.3 is 0 Å². The molecule has 0 bridgehead atoms. The highest BCUT2D eigenvalue weighted by Gasteiger charge is 2.26. The molecule has 1 rings (SSSR count). The first-order valence-electron chi connectivity index (χ1n) is 5.50. The number of nitrogens with zero attached hydrogens (tertiary/aromatic N) is 3. The van der Waals surface area contributed by atoms with Gasteiger partial charge in [0.05, 0.1) is 11.9 Å². The second-order valence-electron chi connectivity index (χ2n) is 4.71. The molecule has 3 nitrogen and oxygen atoms in total. The van der Waals surface area contributed by atoms with Gasteiger partial charge in [-0.15, -0.1) is 16.7 Å². The quantitative estimate of drug-likeness (QED) is 0.727. The van der Waals surface area contributed by atoms with Gasteiger partial charge in [0.1, 0.15) is 0 Å². The molecular weight excluding hydrogens is 210 g/mol. The Morgan fingerprint density at radius 1 is 1.53 bits per heavy atom. The Hall–Kier alpha value is -0.570. The van der Waals surface area contributed by atoms with Crippen molar-refractivity contribution in [3.8, 4) is 0 Å². The smallest absolute Gasteiger partial charge is 0.0730 e. The Bertz CT molecular complexity index is 305. The van der Waals surface area contributed by atoms with Crippen LogP contribution in [0.4, 0.5) is 0 Å². The Balaban J connectivity index is 2.88. The molecule has 0 aliphatic carbocycles. The molecular formula is C11H20ClN3. The van der Waals surface area contributed by atoms with Gasteiger partial charge in [-0.25, -0.2) is 4.68 Å². The molecule has 1 unspecified atom stereocenters. The van der Waals surface area contributed by atoms with Crippen LogP contribution in [0.3, 0.4) is 0 Å². The minimum absolute atomic E-state index is 0.0415. The fourth-order valence-corrected chi connectivity index (χ4v) is 2.35. The van der Waals surface area contributed by atoms with Gasteiger partial charge in [-0.2, -0.15) is 0 Å². The fraction of sp³-hybridized carbons (Fsp3) is 0.818. The molecule has 0 spiro atoms. The monoisotopic (exact) mass is 229 g/mol. The van der Waals surface area contributed by atoms with E-state index >= 15 is 0 Å². The number of hydrogen-bond donors (Lipinski definition) is 0. The third kappa shape index (κ3) is 3.20. The standard InChI is InChI=1S/C11H20ClN3/c1-5-6-15-10(8-13-14-15)11(3,4)7-9(2)12/h8-9H,5-7H2,1-4H3. The molecule has 0 saturated heterocycles. The fourth-order valence-electron chi connectivity index (χ4n) is 1.97. The highest BCUT2D eigenvalue weighted by Crippen LogP contribution is 2.29. The van der Waals surface area contributed by atoms with Crippen LogP contribution in [0.25, 0.3) is 0 Å². The molecule has 0 saturated carbocycles. The van der Waals surface area contributed by atoms with Crippen molar-refractivity contribution in [3.05, 3.63) is 11.9 Å². The summed E-state index contributed by atoms with van der Waals surface area (Å²) in [4.78, 5) is 0. The molecule has 0 amide bonds. The first kappa shape index (κ1) is 12.5. The number of rotatable bonds is 5. The normalized spacial score (nSPS) is 14.2. The third-order valence-corrected chi connectivity index (χ3v) is 2.69. The summed E-state index contributed by atoms with van der Waals surface area (Å²) in [5.41, 5.74) is 1.22. The Kier molecular flexibility index (Phi) is 4.14. The Morgan fingerprint density at radius 3 is 2.73 bits per heavy atom. The predicted octanol–water partition coefficient (Wildman–Crippen LogP) is 2.98. The van der Waals surface area contributed by atoms with E-state index in [1.165, 1.54) is 5.69 Å². The van der Waals surface area contributed by atoms with Crippen LogP contribution in [0.5, 0.6) is 0 Å². The lowest BCUT2D eigenvalue weighted by Crippen LogP contribution is -2.25. The molecule has 15 heavy (non-hydrogen) atoms. The number of aryl methyl sites for hydroxylation is 1. The molecule has 0 aliphatic rings. The molecule has 86 valence electrons. The lowest BCUT2D eigenvalue weighted by Gasteiger charge is -2.26. The summed E-state index contributed by atoms with van der Waals surface area (Å²) < 4.78 is 1.99. The highest BCUT2D eigenvalue weighted by molar-refractivity contribution is 6.20. The zero-order valence-corrected chi connectivity index (χ0v) is 10.8. The van der Waals surface area contributed by atoms with Crippen LogP contribution in [0.1, 0.15) is 46.2 Å². The zero-order valence-electron chi connectivity index (χ0n) is 10.00. The second kappa shape index (κ2) is 4.97. The molecule has 1 aromatic rings. The van der Waals surface area contributed by atoms with Crippen LogP contribution in [-0.2, 0) is 12.0 Å². The van der Waals surface area contributed by atoms with Gasteiger partial charge >= 0.3 is 0 Å². The molecule has 0 aliphatic heterocycles. The maximum atomic E-state index is 6.06. The summed E-state index contributed by atoms with van der Waals surface area (Å²) >= 11 is 6.06. The van der Waals surface area contributed by atoms with E-state index in [1.54, 1.807) is 0 Å². The molecule has 0 radical (unpaired) electrons. The maximum absolute atomic E-state index is 6.06. The van der Waals surface area contributed by atoms with Crippen molar-refractivity contribution in [2.75, 3.05) is 0 Å². The van der Waals surface area contributed by atoms with E-state index in [0.29, 0.717) is 0 Å². The van der Waals surface area contributed by atoms with Crippen LogP contribution in [0.15, 0.2) is 6.20 Å². The summed E-state index contributed by atoms with van der Waals surface area (Å²) in [6, 6.07) is 0. The van der Waals surface area contributed by atoms with E-state index in [-0.39, 0.29) is 10.8 Å². The summed E-state index contributed by atoms with van der Waals surface area (Å²) in [5, 5.41) is 8.26. The number of halogens is 1. The summed E-state index contributed by atoms with van der Waals surface area (Å²) in [6.45, 7) is 9.47. The minimum Gasteiger partial charge on any atom is -0.249 e. The molecule has 0 aromatic carbocycles. The van der Waals surface area contributed by atoms with E-state index in [9.17, 15) is 0 Å². The highest BCUT2D eigenvalue weighted by atomic mass is 35.5. The predicted molar refractivity (Wildman–Crippen MR) is 63.3 cm³/mol. The lowest BCUT2D eigenvalue weighted by molar-refractivity contribution is 0.418. The number of hydrogen-bond acceptors (Lipinski definition) is 2. The van der Waals surface area contributed by atoms with Gasteiger partial charge in [-0.3, -0.25) is 0 Å². The number of alkyl halides is 1. The van der Waals surface area contributed by atoms with E-state index in [1.807, 2.05) is 17.8 Å². The van der Waals surface area contributed by atoms with E-state index < -0.39 is 0 Å². The van der Waals surface area contributed by atoms with Gasteiger partial charge in [0, 0.05) is 17.3 Å². The van der Waals surface area contributed by atoms with Crippen LogP contribution in [0.2, 0.25) is 0 Å². The van der Waals surface area contributed by atoms with Crippen LogP contribution >= 0.6 is 11.6 Å². The van der Waals surface area contributed by atoms with E-state index in [2.05, 4.69) is 31.1 Å². The van der Waals surface area contributed by atoms with Crippen molar-refractivity contribution >= 4 is 11.6 Å². The van der Waals surface area contributed by atoms with Crippen molar-refractivity contribution in [1.82, 2.24) is 15.0 Å². The average Bonchev–Trinajstić information content (AvgIpc) is 2.51. The minimum atomic E-state index is 0.0415. The van der Waals surface area contributed by atoms with Crippen molar-refractivity contribution < 1.29 is 0 Å². The van der Waals surface area contributed by atoms with Crippen LogP contribution in [-0.4, -0.2) is 20.4 Å².